The van der Waals surface area contributed by atoms with Crippen LogP contribution in [0.5, 0.6) is 5.75 Å². The molecule has 0 heterocycles. The molecule has 92 valence electrons. The monoisotopic (exact) mass is 233 g/mol. The van der Waals surface area contributed by atoms with Crippen LogP contribution in [0.25, 0.3) is 0 Å². The summed E-state index contributed by atoms with van der Waals surface area (Å²) in [6.07, 6.45) is 2.59. The molecule has 1 fully saturated rings. The minimum Gasteiger partial charge on any atom is -0.490 e. The first kappa shape index (κ1) is 12.1. The van der Waals surface area contributed by atoms with Crippen molar-refractivity contribution in [3.05, 3.63) is 29.8 Å². The number of hydrogen-bond donors (Lipinski definition) is 1. The lowest BCUT2D eigenvalue weighted by Gasteiger charge is -2.14. The van der Waals surface area contributed by atoms with Crippen LogP contribution >= 0.6 is 0 Å². The molecule has 1 aliphatic rings. The number of benzene rings is 1. The van der Waals surface area contributed by atoms with Gasteiger partial charge in [0, 0.05) is 17.5 Å². The summed E-state index contributed by atoms with van der Waals surface area (Å²) in [7, 11) is 0. The van der Waals surface area contributed by atoms with Crippen LogP contribution in [0, 0.1) is 5.92 Å². The molecular formula is C14H19NO2. The van der Waals surface area contributed by atoms with Gasteiger partial charge in [-0.1, -0.05) is 19.1 Å². The Morgan fingerprint density at radius 1 is 1.41 bits per heavy atom. The third-order valence-electron chi connectivity index (χ3n) is 3.15. The third kappa shape index (κ3) is 3.07. The predicted molar refractivity (Wildman–Crippen MR) is 67.2 cm³/mol. The van der Waals surface area contributed by atoms with E-state index >= 15 is 0 Å². The summed E-state index contributed by atoms with van der Waals surface area (Å²) >= 11 is 0. The summed E-state index contributed by atoms with van der Waals surface area (Å²) in [6, 6.07) is 7.26. The zero-order chi connectivity index (χ0) is 12.4. The molecule has 0 bridgehead atoms. The number of ketones is 1. The highest BCUT2D eigenvalue weighted by molar-refractivity contribution is 5.98. The minimum absolute atomic E-state index is 0.0845. The van der Waals surface area contributed by atoms with Crippen molar-refractivity contribution in [1.29, 1.82) is 0 Å². The Labute approximate surface area is 102 Å². The van der Waals surface area contributed by atoms with Gasteiger partial charge in [0.1, 0.15) is 5.75 Å². The van der Waals surface area contributed by atoms with Crippen LogP contribution in [0.4, 0.5) is 0 Å². The normalized spacial score (nSPS) is 18.5. The van der Waals surface area contributed by atoms with Gasteiger partial charge in [-0.15, -0.1) is 0 Å². The van der Waals surface area contributed by atoms with Crippen molar-refractivity contribution >= 4 is 5.78 Å². The second-order valence-electron chi connectivity index (χ2n) is 4.86. The van der Waals surface area contributed by atoms with Crippen LogP contribution in [-0.4, -0.2) is 17.9 Å². The lowest BCUT2D eigenvalue weighted by atomic mass is 9.94. The van der Waals surface area contributed by atoms with E-state index in [9.17, 15) is 4.79 Å². The van der Waals surface area contributed by atoms with Gasteiger partial charge in [0.15, 0.2) is 5.78 Å². The van der Waals surface area contributed by atoms with E-state index in [4.69, 9.17) is 10.5 Å². The highest BCUT2D eigenvalue weighted by Gasteiger charge is 2.24. The van der Waals surface area contributed by atoms with Crippen molar-refractivity contribution in [2.45, 2.75) is 38.8 Å². The Hall–Kier alpha value is -1.35. The summed E-state index contributed by atoms with van der Waals surface area (Å²) in [5.74, 6) is 0.711. The van der Waals surface area contributed by atoms with Gasteiger partial charge in [-0.25, -0.2) is 0 Å². The van der Waals surface area contributed by atoms with Crippen LogP contribution in [0.15, 0.2) is 24.3 Å². The average Bonchev–Trinajstić information content (AvgIpc) is 3.11. The first-order valence-corrected chi connectivity index (χ1v) is 6.14. The van der Waals surface area contributed by atoms with Gasteiger partial charge in [-0.3, -0.25) is 4.79 Å². The highest BCUT2D eigenvalue weighted by Crippen LogP contribution is 2.27. The molecule has 1 aromatic rings. The van der Waals surface area contributed by atoms with E-state index in [-0.39, 0.29) is 17.7 Å². The van der Waals surface area contributed by atoms with Crippen LogP contribution in [0.2, 0.25) is 0 Å². The van der Waals surface area contributed by atoms with Crippen molar-refractivity contribution in [3.63, 3.8) is 0 Å². The molecule has 3 nitrogen and oxygen atoms in total. The van der Waals surface area contributed by atoms with Gasteiger partial charge in [0.05, 0.1) is 6.10 Å². The summed E-state index contributed by atoms with van der Waals surface area (Å²) in [6.45, 7) is 3.72. The molecule has 0 aliphatic heterocycles. The average molecular weight is 233 g/mol. The molecule has 0 saturated heterocycles. The fraction of sp³-hybridized carbons (Fsp3) is 0.500. The zero-order valence-electron chi connectivity index (χ0n) is 10.3. The van der Waals surface area contributed by atoms with Gasteiger partial charge in [0.25, 0.3) is 0 Å². The van der Waals surface area contributed by atoms with Crippen LogP contribution < -0.4 is 10.5 Å². The van der Waals surface area contributed by atoms with E-state index in [0.717, 1.165) is 18.6 Å². The molecule has 0 spiro atoms. The smallest absolute Gasteiger partial charge is 0.167 e. The Bertz CT molecular complexity index is 410. The topological polar surface area (TPSA) is 52.3 Å². The Morgan fingerprint density at radius 3 is 2.71 bits per heavy atom. The number of Topliss-reactive ketones (excluding diaryl/α,β-unsaturated/α-hetero) is 1. The lowest BCUT2D eigenvalue weighted by molar-refractivity contribution is 0.0916. The molecule has 2 unspecified atom stereocenters. The standard InChI is InChI=1S/C14H19NO2/c1-9(10(2)15)14(16)11-4-3-5-13(8-11)17-12-6-7-12/h3-5,8-10,12H,6-7,15H2,1-2H3. The molecule has 3 heteroatoms. The first-order chi connectivity index (χ1) is 8.08. The molecular weight excluding hydrogens is 214 g/mol. The van der Waals surface area contributed by atoms with Crippen LogP contribution in [-0.2, 0) is 0 Å². The van der Waals surface area contributed by atoms with Crippen molar-refractivity contribution in [1.82, 2.24) is 0 Å². The molecule has 2 N–H and O–H groups in total. The first-order valence-electron chi connectivity index (χ1n) is 6.14. The number of nitrogens with two attached hydrogens (primary N) is 1. The highest BCUT2D eigenvalue weighted by atomic mass is 16.5. The largest absolute Gasteiger partial charge is 0.490 e. The van der Waals surface area contributed by atoms with Gasteiger partial charge in [-0.2, -0.15) is 0 Å². The fourth-order valence-corrected chi connectivity index (χ4v) is 1.60. The van der Waals surface area contributed by atoms with E-state index in [1.54, 1.807) is 0 Å². The molecule has 2 rings (SSSR count). The second-order valence-corrected chi connectivity index (χ2v) is 4.86. The predicted octanol–water partition coefficient (Wildman–Crippen LogP) is 2.39. The SMILES string of the molecule is CC(N)C(C)C(=O)c1cccc(OC2CC2)c1. The van der Waals surface area contributed by atoms with Gasteiger partial charge < -0.3 is 10.5 Å². The second kappa shape index (κ2) is 4.88. The Kier molecular flexibility index (Phi) is 3.48. The molecule has 17 heavy (non-hydrogen) atoms. The van der Waals surface area contributed by atoms with Crippen molar-refractivity contribution in [2.24, 2.45) is 11.7 Å². The van der Waals surface area contributed by atoms with Crippen LogP contribution in [0.3, 0.4) is 0 Å². The molecule has 1 aromatic carbocycles. The van der Waals surface area contributed by atoms with E-state index in [1.165, 1.54) is 0 Å². The van der Waals surface area contributed by atoms with Gasteiger partial charge >= 0.3 is 0 Å². The number of carbonyl (C=O) groups is 1. The van der Waals surface area contributed by atoms with Crippen molar-refractivity contribution < 1.29 is 9.53 Å². The Balaban J connectivity index is 2.11. The molecule has 2 atom stereocenters. The molecule has 1 saturated carbocycles. The van der Waals surface area contributed by atoms with Gasteiger partial charge in [0.2, 0.25) is 0 Å². The number of ether oxygens (including phenoxy) is 1. The summed E-state index contributed by atoms with van der Waals surface area (Å²) in [5, 5.41) is 0. The maximum Gasteiger partial charge on any atom is 0.167 e. The third-order valence-corrected chi connectivity index (χ3v) is 3.15. The lowest BCUT2D eigenvalue weighted by Crippen LogP contribution is -2.30. The van der Waals surface area contributed by atoms with Crippen LogP contribution in [0.1, 0.15) is 37.0 Å². The maximum absolute atomic E-state index is 12.1. The fourth-order valence-electron chi connectivity index (χ4n) is 1.60. The van der Waals surface area contributed by atoms with E-state index in [2.05, 4.69) is 0 Å². The summed E-state index contributed by atoms with van der Waals surface area (Å²) < 4.78 is 5.67. The number of rotatable bonds is 5. The summed E-state index contributed by atoms with van der Waals surface area (Å²) in [5.41, 5.74) is 6.44. The molecule has 0 amide bonds. The summed E-state index contributed by atoms with van der Waals surface area (Å²) in [4.78, 5) is 12.1. The minimum atomic E-state index is -0.161. The zero-order valence-corrected chi connectivity index (χ0v) is 10.3. The van der Waals surface area contributed by atoms with Crippen molar-refractivity contribution in [2.75, 3.05) is 0 Å². The quantitative estimate of drug-likeness (QED) is 0.794. The van der Waals surface area contributed by atoms with E-state index < -0.39 is 0 Å². The maximum atomic E-state index is 12.1. The van der Waals surface area contributed by atoms with E-state index in [0.29, 0.717) is 11.7 Å². The number of hydrogen-bond acceptors (Lipinski definition) is 3. The molecule has 1 aliphatic carbocycles. The van der Waals surface area contributed by atoms with Gasteiger partial charge in [-0.05, 0) is 31.9 Å². The molecule has 0 aromatic heterocycles. The van der Waals surface area contributed by atoms with E-state index in [1.807, 2.05) is 38.1 Å². The molecule has 0 radical (unpaired) electrons. The van der Waals surface area contributed by atoms with Crippen molar-refractivity contribution in [3.8, 4) is 5.75 Å². The number of carbonyl (C=O) groups excluding carboxylic acids is 1. The Morgan fingerprint density at radius 2 is 2.12 bits per heavy atom.